The monoisotopic (exact) mass is 695 g/mol. The summed E-state index contributed by atoms with van der Waals surface area (Å²) in [6, 6.07) is 9.37. The molecule has 2 aliphatic heterocycles. The molecule has 10 nitrogen and oxygen atoms in total. The number of anilines is 1. The van der Waals surface area contributed by atoms with Crippen LogP contribution < -0.4 is 9.64 Å². The fraction of sp³-hybridized carbons (Fsp3) is 0.457. The number of halogens is 4. The minimum absolute atomic E-state index is 0.0311. The Morgan fingerprint density at radius 1 is 1.12 bits per heavy atom. The molecule has 2 aromatic carbocycles. The maximum Gasteiger partial charge on any atom is 0.410 e. The van der Waals surface area contributed by atoms with Crippen LogP contribution in [-0.2, 0) is 4.74 Å². The van der Waals surface area contributed by atoms with E-state index in [1.54, 1.807) is 45.0 Å². The lowest BCUT2D eigenvalue weighted by Crippen LogP contribution is -2.56. The Balaban J connectivity index is 1.42. The van der Waals surface area contributed by atoms with Crippen molar-refractivity contribution in [1.82, 2.24) is 24.8 Å². The van der Waals surface area contributed by atoms with Crippen molar-refractivity contribution in [3.63, 3.8) is 0 Å². The summed E-state index contributed by atoms with van der Waals surface area (Å²) in [5.41, 5.74) is -0.589. The predicted octanol–water partition coefficient (Wildman–Crippen LogP) is 6.93. The second kappa shape index (κ2) is 14.2. The van der Waals surface area contributed by atoms with E-state index in [1.807, 2.05) is 9.80 Å². The van der Waals surface area contributed by atoms with Gasteiger partial charge < -0.3 is 19.3 Å². The number of pyridine rings is 1. The molecule has 0 bridgehead atoms. The minimum Gasteiger partial charge on any atom is -0.462 e. The van der Waals surface area contributed by atoms with Gasteiger partial charge >= 0.3 is 12.1 Å². The largest absolute Gasteiger partial charge is 0.462 e. The Hall–Kier alpha value is -4.41. The molecule has 6 rings (SSSR count). The second-order valence-corrected chi connectivity index (χ2v) is 13.6. The summed E-state index contributed by atoms with van der Waals surface area (Å²) >= 11 is 6.39. The number of hydrogen-bond donors (Lipinski definition) is 0. The van der Waals surface area contributed by atoms with Crippen LogP contribution in [0.25, 0.3) is 32.9 Å². The van der Waals surface area contributed by atoms with Crippen LogP contribution in [0.4, 0.5) is 23.8 Å². The molecule has 0 spiro atoms. The third-order valence-electron chi connectivity index (χ3n) is 8.85. The van der Waals surface area contributed by atoms with Crippen LogP contribution in [0.5, 0.6) is 6.01 Å². The normalized spacial score (nSPS) is 18.7. The lowest BCUT2D eigenvalue weighted by molar-refractivity contribution is 0.0145. The highest BCUT2D eigenvalue weighted by Crippen LogP contribution is 2.38. The van der Waals surface area contributed by atoms with Crippen molar-refractivity contribution in [3.05, 3.63) is 53.2 Å². The summed E-state index contributed by atoms with van der Waals surface area (Å²) in [4.78, 5) is 32.1. The number of carbonyl (C=O) groups is 1. The van der Waals surface area contributed by atoms with E-state index in [1.165, 1.54) is 17.2 Å². The first-order valence-electron chi connectivity index (χ1n) is 16.3. The van der Waals surface area contributed by atoms with E-state index in [9.17, 15) is 18.8 Å². The number of rotatable bonds is 8. The topological polar surface area (TPSA) is 108 Å². The molecule has 0 unspecified atom stereocenters. The molecule has 14 heteroatoms. The van der Waals surface area contributed by atoms with Gasteiger partial charge in [-0.15, -0.1) is 0 Å². The number of carbonyl (C=O) groups excluding carboxylic acids is 1. The maximum atomic E-state index is 16.7. The number of ether oxygens (including phenoxy) is 2. The van der Waals surface area contributed by atoms with Crippen molar-refractivity contribution in [2.75, 3.05) is 50.9 Å². The van der Waals surface area contributed by atoms with E-state index in [0.29, 0.717) is 23.1 Å². The van der Waals surface area contributed by atoms with Crippen LogP contribution in [0.3, 0.4) is 0 Å². The molecule has 1 amide bonds. The standard InChI is InChI=1S/C35H37ClF3N7O3/c1-35(2,3)49-34(47)46-17-16-45(19-22(46)11-13-40)32-25-18-41-30(24-8-4-6-21-9-10-26(38)28(36)27(21)24)29(39)31(25)42-33(43-32)48-20-23-7-5-14-44(23)15-12-37/h4,6,8-10,18,22-23H,5,7,11-12,14-17,19-20H2,1-3H3/t22-,23-/m0/s1. The molecule has 4 heterocycles. The SMILES string of the molecule is CC(C)(C)OC(=O)N1CCN(c2nc(OC[C@@H]3CCCN3CCF)nc3c(F)c(-c4cccc5ccc(F)c(Cl)c45)ncc23)C[C@@H]1CC#N. The Kier molecular flexibility index (Phi) is 9.99. The fourth-order valence-electron chi connectivity index (χ4n) is 6.57. The summed E-state index contributed by atoms with van der Waals surface area (Å²) in [6.07, 6.45) is 2.67. The van der Waals surface area contributed by atoms with E-state index in [4.69, 9.17) is 26.1 Å². The van der Waals surface area contributed by atoms with Crippen molar-refractivity contribution in [1.29, 1.82) is 5.26 Å². The van der Waals surface area contributed by atoms with Gasteiger partial charge in [0.2, 0.25) is 0 Å². The third-order valence-corrected chi connectivity index (χ3v) is 9.22. The van der Waals surface area contributed by atoms with Crippen LogP contribution in [0.2, 0.25) is 5.02 Å². The number of nitrogens with zero attached hydrogens (tertiary/aromatic N) is 7. The molecule has 4 aromatic rings. The number of nitriles is 1. The highest BCUT2D eigenvalue weighted by Gasteiger charge is 2.35. The molecule has 258 valence electrons. The molecule has 0 N–H and O–H groups in total. The lowest BCUT2D eigenvalue weighted by Gasteiger charge is -2.41. The zero-order chi connectivity index (χ0) is 34.9. The van der Waals surface area contributed by atoms with E-state index >= 15 is 4.39 Å². The number of aromatic nitrogens is 3. The van der Waals surface area contributed by atoms with E-state index < -0.39 is 36.0 Å². The summed E-state index contributed by atoms with van der Waals surface area (Å²) in [5, 5.41) is 10.7. The lowest BCUT2D eigenvalue weighted by atomic mass is 10.0. The third kappa shape index (κ3) is 7.16. The number of hydrogen-bond acceptors (Lipinski definition) is 9. The zero-order valence-electron chi connectivity index (χ0n) is 27.6. The van der Waals surface area contributed by atoms with Crippen molar-refractivity contribution in [2.24, 2.45) is 0 Å². The van der Waals surface area contributed by atoms with E-state index in [-0.39, 0.29) is 71.9 Å². The Labute approximate surface area is 287 Å². The van der Waals surface area contributed by atoms with Crippen LogP contribution >= 0.6 is 11.6 Å². The first kappa shape index (κ1) is 34.5. The molecular weight excluding hydrogens is 659 g/mol. The molecule has 2 fully saturated rings. The molecule has 49 heavy (non-hydrogen) atoms. The minimum atomic E-state index is -0.778. The van der Waals surface area contributed by atoms with Gasteiger partial charge in [0, 0.05) is 49.4 Å². The van der Waals surface area contributed by atoms with E-state index in [0.717, 1.165) is 19.4 Å². The molecule has 2 saturated heterocycles. The highest BCUT2D eigenvalue weighted by molar-refractivity contribution is 6.36. The number of fused-ring (bicyclic) bond motifs is 2. The smallest absolute Gasteiger partial charge is 0.410 e. The average Bonchev–Trinajstić information content (AvgIpc) is 3.51. The molecule has 0 aliphatic carbocycles. The van der Waals surface area contributed by atoms with Gasteiger partial charge in [-0.3, -0.25) is 9.88 Å². The summed E-state index contributed by atoms with van der Waals surface area (Å²) in [7, 11) is 0. The van der Waals surface area contributed by atoms with Gasteiger partial charge in [0.1, 0.15) is 41.7 Å². The van der Waals surface area contributed by atoms with Crippen molar-refractivity contribution >= 4 is 45.2 Å². The van der Waals surface area contributed by atoms with Gasteiger partial charge in [0.05, 0.1) is 28.9 Å². The Bertz CT molecular complexity index is 1920. The molecule has 0 radical (unpaired) electrons. The van der Waals surface area contributed by atoms with Crippen LogP contribution in [0.15, 0.2) is 36.5 Å². The number of piperazine rings is 1. The Morgan fingerprint density at radius 3 is 2.69 bits per heavy atom. The summed E-state index contributed by atoms with van der Waals surface area (Å²) in [5.74, 6) is -1.10. The second-order valence-electron chi connectivity index (χ2n) is 13.2. The highest BCUT2D eigenvalue weighted by atomic mass is 35.5. The quantitative estimate of drug-likeness (QED) is 0.194. The first-order valence-corrected chi connectivity index (χ1v) is 16.6. The van der Waals surface area contributed by atoms with Crippen molar-refractivity contribution in [3.8, 4) is 23.3 Å². The van der Waals surface area contributed by atoms with Gasteiger partial charge in [-0.25, -0.2) is 18.0 Å². The van der Waals surface area contributed by atoms with Gasteiger partial charge in [0.25, 0.3) is 0 Å². The predicted molar refractivity (Wildman–Crippen MR) is 180 cm³/mol. The average molecular weight is 696 g/mol. The van der Waals surface area contributed by atoms with Crippen LogP contribution in [0.1, 0.15) is 40.0 Å². The first-order chi connectivity index (χ1) is 23.5. The van der Waals surface area contributed by atoms with Gasteiger partial charge in [0.15, 0.2) is 5.82 Å². The number of likely N-dealkylation sites (tertiary alicyclic amines) is 1. The van der Waals surface area contributed by atoms with Crippen LogP contribution in [0, 0.1) is 23.0 Å². The molecular formula is C35H37ClF3N7O3. The number of benzene rings is 2. The summed E-state index contributed by atoms with van der Waals surface area (Å²) < 4.78 is 56.2. The van der Waals surface area contributed by atoms with Gasteiger partial charge in [-0.1, -0.05) is 35.9 Å². The van der Waals surface area contributed by atoms with Crippen molar-refractivity contribution < 1.29 is 27.4 Å². The molecule has 2 aromatic heterocycles. The molecule has 2 atom stereocenters. The van der Waals surface area contributed by atoms with E-state index in [2.05, 4.69) is 16.0 Å². The number of amides is 1. The molecule has 2 aliphatic rings. The van der Waals surface area contributed by atoms with Gasteiger partial charge in [-0.2, -0.15) is 15.2 Å². The van der Waals surface area contributed by atoms with Crippen LogP contribution in [-0.4, -0.2) is 94.5 Å². The Morgan fingerprint density at radius 2 is 1.94 bits per heavy atom. The zero-order valence-corrected chi connectivity index (χ0v) is 28.3. The van der Waals surface area contributed by atoms with Crippen molar-refractivity contribution in [2.45, 2.75) is 57.7 Å². The fourth-order valence-corrected chi connectivity index (χ4v) is 6.84. The molecule has 0 saturated carbocycles. The summed E-state index contributed by atoms with van der Waals surface area (Å²) in [6.45, 7) is 6.77. The maximum absolute atomic E-state index is 16.7. The number of alkyl halides is 1. The van der Waals surface area contributed by atoms with Gasteiger partial charge in [-0.05, 0) is 51.6 Å².